The van der Waals surface area contributed by atoms with Crippen LogP contribution in [-0.2, 0) is 11.3 Å². The second kappa shape index (κ2) is 9.67. The van der Waals surface area contributed by atoms with Crippen molar-refractivity contribution in [3.05, 3.63) is 69.9 Å². The average Bonchev–Trinajstić information content (AvgIpc) is 3.40. The van der Waals surface area contributed by atoms with Crippen LogP contribution in [0.25, 0.3) is 0 Å². The molecule has 0 unspecified atom stereocenters. The molecule has 2 atom stereocenters. The van der Waals surface area contributed by atoms with Crippen LogP contribution in [-0.4, -0.2) is 36.6 Å². The van der Waals surface area contributed by atoms with E-state index in [4.69, 9.17) is 9.47 Å². The minimum absolute atomic E-state index is 0.0127. The number of ether oxygens (including phenoxy) is 2. The van der Waals surface area contributed by atoms with Crippen LogP contribution in [0.4, 0.5) is 10.1 Å². The summed E-state index contributed by atoms with van der Waals surface area (Å²) in [6.07, 6.45) is 0.647. The van der Waals surface area contributed by atoms with Crippen molar-refractivity contribution in [3.8, 4) is 11.5 Å². The normalized spacial score (nSPS) is 18.5. The van der Waals surface area contributed by atoms with E-state index < -0.39 is 0 Å². The molecule has 1 aliphatic rings. The van der Waals surface area contributed by atoms with Gasteiger partial charge >= 0.3 is 0 Å². The third-order valence-corrected chi connectivity index (χ3v) is 6.53. The number of hydrogen-bond donors (Lipinski definition) is 1. The second-order valence-corrected chi connectivity index (χ2v) is 8.91. The van der Waals surface area contributed by atoms with Gasteiger partial charge in [0.2, 0.25) is 5.91 Å². The van der Waals surface area contributed by atoms with Crippen molar-refractivity contribution in [3.63, 3.8) is 0 Å². The van der Waals surface area contributed by atoms with Crippen molar-refractivity contribution in [2.75, 3.05) is 26.1 Å². The average molecular weight is 456 g/mol. The minimum atomic E-state index is -0.267. The Labute approximate surface area is 191 Å². The van der Waals surface area contributed by atoms with Gasteiger partial charge in [0.25, 0.3) is 0 Å². The first kappa shape index (κ1) is 22.2. The lowest BCUT2D eigenvalue weighted by Gasteiger charge is -2.23. The van der Waals surface area contributed by atoms with Crippen LogP contribution in [0.15, 0.2) is 47.8 Å². The number of benzene rings is 2. The summed E-state index contributed by atoms with van der Waals surface area (Å²) in [4.78, 5) is 19.9. The zero-order valence-corrected chi connectivity index (χ0v) is 19.1. The minimum Gasteiger partial charge on any atom is -0.493 e. The van der Waals surface area contributed by atoms with Gasteiger partial charge in [0.05, 0.1) is 30.8 Å². The van der Waals surface area contributed by atoms with Crippen LogP contribution in [0, 0.1) is 18.7 Å². The maximum atomic E-state index is 13.5. The van der Waals surface area contributed by atoms with Crippen LogP contribution in [0.3, 0.4) is 0 Å². The zero-order chi connectivity index (χ0) is 22.7. The van der Waals surface area contributed by atoms with Crippen LogP contribution >= 0.6 is 11.3 Å². The molecule has 168 valence electrons. The van der Waals surface area contributed by atoms with Crippen molar-refractivity contribution < 1.29 is 18.7 Å². The summed E-state index contributed by atoms with van der Waals surface area (Å²) in [6.45, 7) is 3.22. The van der Waals surface area contributed by atoms with Gasteiger partial charge < -0.3 is 14.8 Å². The van der Waals surface area contributed by atoms with Crippen molar-refractivity contribution >= 4 is 22.9 Å². The lowest BCUT2D eigenvalue weighted by molar-refractivity contribution is -0.119. The number of thiazole rings is 1. The summed E-state index contributed by atoms with van der Waals surface area (Å²) in [6, 6.07) is 11.9. The molecule has 0 bridgehead atoms. The summed E-state index contributed by atoms with van der Waals surface area (Å²) in [5.41, 5.74) is 2.64. The lowest BCUT2D eigenvalue weighted by atomic mass is 9.99. The van der Waals surface area contributed by atoms with Gasteiger partial charge in [-0.25, -0.2) is 9.37 Å². The van der Waals surface area contributed by atoms with Crippen LogP contribution in [0.1, 0.15) is 28.7 Å². The highest BCUT2D eigenvalue weighted by molar-refractivity contribution is 7.09. The van der Waals surface area contributed by atoms with Gasteiger partial charge in [0.1, 0.15) is 5.82 Å². The Morgan fingerprint density at radius 1 is 1.19 bits per heavy atom. The number of rotatable bonds is 7. The first-order chi connectivity index (χ1) is 15.5. The maximum Gasteiger partial charge on any atom is 0.228 e. The monoisotopic (exact) mass is 455 g/mol. The highest BCUT2D eigenvalue weighted by Gasteiger charge is 2.37. The number of nitrogens with one attached hydrogen (secondary N) is 1. The summed E-state index contributed by atoms with van der Waals surface area (Å²) >= 11 is 1.61. The van der Waals surface area contributed by atoms with Gasteiger partial charge in [-0.1, -0.05) is 12.1 Å². The Morgan fingerprint density at radius 2 is 1.94 bits per heavy atom. The number of aryl methyl sites for hydroxylation is 1. The largest absolute Gasteiger partial charge is 0.493 e. The first-order valence-corrected chi connectivity index (χ1v) is 11.3. The van der Waals surface area contributed by atoms with Gasteiger partial charge in [-0.2, -0.15) is 0 Å². The van der Waals surface area contributed by atoms with Gasteiger partial charge in [-0.05, 0) is 43.2 Å². The lowest BCUT2D eigenvalue weighted by Crippen LogP contribution is -2.27. The molecule has 6 nitrogen and oxygen atoms in total. The number of halogens is 1. The van der Waals surface area contributed by atoms with E-state index in [0.29, 0.717) is 36.7 Å². The molecule has 32 heavy (non-hydrogen) atoms. The molecule has 0 spiro atoms. The van der Waals surface area contributed by atoms with E-state index in [0.717, 1.165) is 16.3 Å². The van der Waals surface area contributed by atoms with E-state index in [-0.39, 0.29) is 23.7 Å². The Bertz CT molecular complexity index is 1090. The van der Waals surface area contributed by atoms with Gasteiger partial charge in [-0.15, -0.1) is 11.3 Å². The topological polar surface area (TPSA) is 63.7 Å². The number of likely N-dealkylation sites (tertiary alicyclic amines) is 1. The predicted molar refractivity (Wildman–Crippen MR) is 123 cm³/mol. The van der Waals surface area contributed by atoms with E-state index in [1.165, 1.54) is 12.1 Å². The number of methoxy groups -OCH3 is 2. The highest BCUT2D eigenvalue weighted by Crippen LogP contribution is 2.38. The Morgan fingerprint density at radius 3 is 2.59 bits per heavy atom. The molecule has 1 N–H and O–H groups in total. The maximum absolute atomic E-state index is 13.5. The van der Waals surface area contributed by atoms with E-state index in [2.05, 4.69) is 15.2 Å². The fourth-order valence-electron chi connectivity index (χ4n) is 4.15. The van der Waals surface area contributed by atoms with Crippen molar-refractivity contribution in [2.24, 2.45) is 5.92 Å². The number of anilines is 1. The molecule has 1 amide bonds. The van der Waals surface area contributed by atoms with E-state index in [1.807, 2.05) is 12.3 Å². The number of carbonyl (C=O) groups is 1. The third-order valence-electron chi connectivity index (χ3n) is 5.71. The Hall–Kier alpha value is -2.97. The molecule has 1 aliphatic heterocycles. The van der Waals surface area contributed by atoms with Gasteiger partial charge in [0.15, 0.2) is 11.5 Å². The number of nitrogens with zero attached hydrogens (tertiary/aromatic N) is 2. The molecule has 8 heteroatoms. The SMILES string of the molecule is COc1ccc(NC(=O)[C@@H]2C[C@H](c3ccc(F)cc3)N(Cc3csc(C)n3)C2)cc1OC. The van der Waals surface area contributed by atoms with Crippen molar-refractivity contribution in [2.45, 2.75) is 25.9 Å². The molecule has 1 aromatic heterocycles. The Kier molecular flexibility index (Phi) is 6.72. The van der Waals surface area contributed by atoms with Crippen LogP contribution < -0.4 is 14.8 Å². The molecule has 0 saturated carbocycles. The van der Waals surface area contributed by atoms with E-state index in [1.54, 1.807) is 55.9 Å². The third kappa shape index (κ3) is 4.92. The molecule has 1 fully saturated rings. The molecular formula is C24H26FN3O3S. The van der Waals surface area contributed by atoms with Gasteiger partial charge in [-0.3, -0.25) is 9.69 Å². The molecule has 3 aromatic rings. The summed E-state index contributed by atoms with van der Waals surface area (Å²) in [5, 5.41) is 6.07. The predicted octanol–water partition coefficient (Wildman–Crippen LogP) is 4.81. The molecular weight excluding hydrogens is 429 g/mol. The summed E-state index contributed by atoms with van der Waals surface area (Å²) < 4.78 is 24.1. The van der Waals surface area contributed by atoms with Crippen LogP contribution in [0.2, 0.25) is 0 Å². The van der Waals surface area contributed by atoms with E-state index >= 15 is 0 Å². The molecule has 4 rings (SSSR count). The number of aromatic nitrogens is 1. The van der Waals surface area contributed by atoms with E-state index in [9.17, 15) is 9.18 Å². The van der Waals surface area contributed by atoms with Crippen molar-refractivity contribution in [1.29, 1.82) is 0 Å². The quantitative estimate of drug-likeness (QED) is 0.554. The standard InChI is InChI=1S/C24H26FN3O3S/c1-15-26-20(14-32-15)13-28-12-17(10-21(28)16-4-6-18(25)7-5-16)24(29)27-19-8-9-22(30-2)23(11-19)31-3/h4-9,11,14,17,21H,10,12-13H2,1-3H3,(H,27,29)/t17-,21-/m1/s1. The molecule has 0 aliphatic carbocycles. The fraction of sp³-hybridized carbons (Fsp3) is 0.333. The molecule has 2 aromatic carbocycles. The second-order valence-electron chi connectivity index (χ2n) is 7.85. The zero-order valence-electron chi connectivity index (χ0n) is 18.3. The molecule has 2 heterocycles. The number of carbonyl (C=O) groups excluding carboxylic acids is 1. The Balaban J connectivity index is 1.52. The van der Waals surface area contributed by atoms with Crippen LogP contribution in [0.5, 0.6) is 11.5 Å². The highest BCUT2D eigenvalue weighted by atomic mass is 32.1. The smallest absolute Gasteiger partial charge is 0.228 e. The summed E-state index contributed by atoms with van der Waals surface area (Å²) in [7, 11) is 3.13. The molecule has 1 saturated heterocycles. The first-order valence-electron chi connectivity index (χ1n) is 10.4. The van der Waals surface area contributed by atoms with Crippen molar-refractivity contribution in [1.82, 2.24) is 9.88 Å². The fourth-order valence-corrected chi connectivity index (χ4v) is 4.75. The number of hydrogen-bond acceptors (Lipinski definition) is 6. The molecule has 0 radical (unpaired) electrons. The van der Waals surface area contributed by atoms with Gasteiger partial charge in [0, 0.05) is 36.3 Å². The number of amides is 1. The summed E-state index contributed by atoms with van der Waals surface area (Å²) in [5.74, 6) is 0.629.